The first-order chi connectivity index (χ1) is 18.2. The highest BCUT2D eigenvalue weighted by Gasteiger charge is 2.28. The smallest absolute Gasteiger partial charge is 0.243 e. The Bertz CT molecular complexity index is 1130. The quantitative estimate of drug-likeness (QED) is 0.366. The van der Waals surface area contributed by atoms with Gasteiger partial charge in [0.05, 0.1) is 11.0 Å². The summed E-state index contributed by atoms with van der Waals surface area (Å²) in [7, 11) is -3.47. The van der Waals surface area contributed by atoms with Crippen LogP contribution in [0.25, 0.3) is 0 Å². The van der Waals surface area contributed by atoms with Gasteiger partial charge in [-0.3, -0.25) is 9.59 Å². The molecule has 2 aromatic carbocycles. The van der Waals surface area contributed by atoms with Crippen LogP contribution in [0, 0.1) is 0 Å². The highest BCUT2D eigenvalue weighted by molar-refractivity contribution is 7.89. The molecule has 3 rings (SSSR count). The Balaban J connectivity index is 1.61. The van der Waals surface area contributed by atoms with Gasteiger partial charge < -0.3 is 15.0 Å². The Morgan fingerprint density at radius 3 is 2.26 bits per heavy atom. The third kappa shape index (κ3) is 8.64. The van der Waals surface area contributed by atoms with E-state index in [0.717, 1.165) is 24.0 Å². The number of hydrogen-bond donors (Lipinski definition) is 1. The summed E-state index contributed by atoms with van der Waals surface area (Å²) >= 11 is 0. The molecule has 0 unspecified atom stereocenters. The van der Waals surface area contributed by atoms with Crippen molar-refractivity contribution in [1.82, 2.24) is 14.5 Å². The molecule has 1 aliphatic heterocycles. The van der Waals surface area contributed by atoms with Crippen LogP contribution in [0.4, 0.5) is 0 Å². The van der Waals surface area contributed by atoms with Gasteiger partial charge in [-0.25, -0.2) is 8.42 Å². The van der Waals surface area contributed by atoms with Gasteiger partial charge in [0.1, 0.15) is 6.04 Å². The third-order valence-electron chi connectivity index (χ3n) is 6.69. The predicted octanol–water partition coefficient (Wildman–Crippen LogP) is 3.75. The maximum Gasteiger partial charge on any atom is 0.243 e. The van der Waals surface area contributed by atoms with Gasteiger partial charge >= 0.3 is 0 Å². The summed E-state index contributed by atoms with van der Waals surface area (Å²) in [6.45, 7) is 8.20. The maximum absolute atomic E-state index is 13.3. The van der Waals surface area contributed by atoms with E-state index in [1.807, 2.05) is 44.2 Å². The zero-order valence-corrected chi connectivity index (χ0v) is 23.6. The zero-order chi connectivity index (χ0) is 27.5. The third-order valence-corrected chi connectivity index (χ3v) is 8.60. The van der Waals surface area contributed by atoms with Crippen molar-refractivity contribution in [3.05, 3.63) is 65.7 Å². The van der Waals surface area contributed by atoms with E-state index in [4.69, 9.17) is 4.74 Å². The van der Waals surface area contributed by atoms with Crippen molar-refractivity contribution in [2.24, 2.45) is 0 Å². The first-order valence-corrected chi connectivity index (χ1v) is 14.9. The lowest BCUT2D eigenvalue weighted by atomic mass is 10.1. The molecule has 1 atom stereocenters. The number of nitrogens with one attached hydrogen (secondary N) is 1. The van der Waals surface area contributed by atoms with Crippen molar-refractivity contribution in [3.63, 3.8) is 0 Å². The summed E-state index contributed by atoms with van der Waals surface area (Å²) in [5.74, 6) is -0.330. The summed E-state index contributed by atoms with van der Waals surface area (Å²) in [4.78, 5) is 28.1. The number of amides is 2. The van der Waals surface area contributed by atoms with Gasteiger partial charge in [0, 0.05) is 39.2 Å². The van der Waals surface area contributed by atoms with Crippen LogP contribution in [-0.4, -0.2) is 67.8 Å². The molecule has 9 heteroatoms. The summed E-state index contributed by atoms with van der Waals surface area (Å²) < 4.78 is 32.6. The van der Waals surface area contributed by atoms with Crippen LogP contribution in [0.2, 0.25) is 0 Å². The summed E-state index contributed by atoms with van der Waals surface area (Å²) in [6, 6.07) is 15.8. The van der Waals surface area contributed by atoms with Crippen molar-refractivity contribution in [3.8, 4) is 0 Å². The van der Waals surface area contributed by atoms with Crippen LogP contribution >= 0.6 is 0 Å². The van der Waals surface area contributed by atoms with Crippen LogP contribution < -0.4 is 5.32 Å². The van der Waals surface area contributed by atoms with Crippen molar-refractivity contribution < 1.29 is 22.7 Å². The molecule has 2 aromatic rings. The monoisotopic (exact) mass is 543 g/mol. The number of carbonyl (C=O) groups excluding carboxylic acids is 2. The van der Waals surface area contributed by atoms with Crippen LogP contribution in [0.1, 0.15) is 57.6 Å². The van der Waals surface area contributed by atoms with Gasteiger partial charge in [-0.2, -0.15) is 4.31 Å². The summed E-state index contributed by atoms with van der Waals surface area (Å²) in [6.07, 6.45) is 3.30. The first kappa shape index (κ1) is 29.8. The zero-order valence-electron chi connectivity index (χ0n) is 22.8. The largest absolute Gasteiger partial charge is 0.379 e. The molecule has 1 heterocycles. The molecule has 0 bridgehead atoms. The molecule has 0 radical (unpaired) electrons. The van der Waals surface area contributed by atoms with Gasteiger partial charge in [-0.05, 0) is 69.7 Å². The van der Waals surface area contributed by atoms with Gasteiger partial charge in [0.15, 0.2) is 0 Å². The van der Waals surface area contributed by atoms with Gasteiger partial charge in [0.25, 0.3) is 0 Å². The molecule has 0 saturated carbocycles. The minimum Gasteiger partial charge on any atom is -0.379 e. The average Bonchev–Trinajstić information content (AvgIpc) is 3.46. The predicted molar refractivity (Wildman–Crippen MR) is 148 cm³/mol. The number of carbonyl (C=O) groups is 2. The van der Waals surface area contributed by atoms with Gasteiger partial charge in [-0.1, -0.05) is 42.5 Å². The van der Waals surface area contributed by atoms with E-state index in [9.17, 15) is 18.0 Å². The molecular weight excluding hydrogens is 502 g/mol. The van der Waals surface area contributed by atoms with Crippen LogP contribution in [0.15, 0.2) is 59.5 Å². The minimum atomic E-state index is -3.47. The van der Waals surface area contributed by atoms with E-state index >= 15 is 0 Å². The number of aryl methyl sites for hydroxylation is 1. The molecule has 2 amide bonds. The molecule has 1 aliphatic rings. The van der Waals surface area contributed by atoms with E-state index in [2.05, 4.69) is 5.32 Å². The Labute approximate surface area is 227 Å². The number of hydrogen-bond acceptors (Lipinski definition) is 5. The molecule has 1 fully saturated rings. The van der Waals surface area contributed by atoms with Gasteiger partial charge in [-0.15, -0.1) is 0 Å². The molecule has 0 aromatic heterocycles. The standard InChI is InChI=1S/C29H41N3O5S/c1-23(2)37-21-9-18-30-29(34)24(3)32(22-26-10-5-4-6-11-26)28(33)17-14-25-12-15-27(16-13-25)38(35,36)31-19-7-8-20-31/h4-6,10-13,15-16,23-24H,7-9,14,17-22H2,1-3H3,(H,30,34)/t24-/m0/s1. The fourth-order valence-corrected chi connectivity index (χ4v) is 5.93. The fourth-order valence-electron chi connectivity index (χ4n) is 4.41. The number of rotatable bonds is 14. The van der Waals surface area contributed by atoms with Gasteiger partial charge in [0.2, 0.25) is 21.8 Å². The number of nitrogens with zero attached hydrogens (tertiary/aromatic N) is 2. The second kappa shape index (κ2) is 14.4. The highest BCUT2D eigenvalue weighted by atomic mass is 32.2. The number of ether oxygens (including phenoxy) is 1. The maximum atomic E-state index is 13.3. The Morgan fingerprint density at radius 2 is 1.63 bits per heavy atom. The van der Waals surface area contributed by atoms with Crippen LogP contribution in [0.5, 0.6) is 0 Å². The fraction of sp³-hybridized carbons (Fsp3) is 0.517. The molecule has 8 nitrogen and oxygen atoms in total. The molecule has 1 saturated heterocycles. The molecular formula is C29H41N3O5S. The highest BCUT2D eigenvalue weighted by Crippen LogP contribution is 2.21. The first-order valence-electron chi connectivity index (χ1n) is 13.5. The van der Waals surface area contributed by atoms with Crippen molar-refractivity contribution in [2.75, 3.05) is 26.2 Å². The molecule has 38 heavy (non-hydrogen) atoms. The topological polar surface area (TPSA) is 96.0 Å². The SMILES string of the molecule is CC(C)OCCCNC(=O)[C@H](C)N(Cc1ccccc1)C(=O)CCc1ccc(S(=O)(=O)N2CCCC2)cc1. The lowest BCUT2D eigenvalue weighted by molar-refractivity contribution is -0.140. The second-order valence-corrected chi connectivity index (χ2v) is 11.9. The van der Waals surface area contributed by atoms with E-state index < -0.39 is 16.1 Å². The Kier molecular flexibility index (Phi) is 11.3. The van der Waals surface area contributed by atoms with E-state index in [1.54, 1.807) is 36.1 Å². The Morgan fingerprint density at radius 1 is 0.974 bits per heavy atom. The van der Waals surface area contributed by atoms with Crippen LogP contribution in [0.3, 0.4) is 0 Å². The second-order valence-electron chi connectivity index (χ2n) is 10.0. The van der Waals surface area contributed by atoms with E-state index in [0.29, 0.717) is 45.6 Å². The van der Waals surface area contributed by atoms with Crippen molar-refractivity contribution >= 4 is 21.8 Å². The van der Waals surface area contributed by atoms with Crippen LogP contribution in [-0.2, 0) is 37.3 Å². The number of benzene rings is 2. The number of sulfonamides is 1. The summed E-state index contributed by atoms with van der Waals surface area (Å²) in [5.41, 5.74) is 1.82. The van der Waals surface area contributed by atoms with Crippen molar-refractivity contribution in [2.45, 2.75) is 76.5 Å². The molecule has 1 N–H and O–H groups in total. The average molecular weight is 544 g/mol. The van der Waals surface area contributed by atoms with E-state index in [-0.39, 0.29) is 29.2 Å². The molecule has 0 spiro atoms. The Hall–Kier alpha value is -2.75. The lowest BCUT2D eigenvalue weighted by Gasteiger charge is -2.29. The van der Waals surface area contributed by atoms with E-state index in [1.165, 1.54) is 4.31 Å². The normalized spacial score (nSPS) is 14.9. The minimum absolute atomic E-state index is 0.131. The molecule has 0 aliphatic carbocycles. The summed E-state index contributed by atoms with van der Waals surface area (Å²) in [5, 5.41) is 2.92. The lowest BCUT2D eigenvalue weighted by Crippen LogP contribution is -2.48. The van der Waals surface area contributed by atoms with Crippen molar-refractivity contribution in [1.29, 1.82) is 0 Å². The molecule has 208 valence electrons.